The van der Waals surface area contributed by atoms with Gasteiger partial charge in [-0.3, -0.25) is 9.36 Å². The Hall–Kier alpha value is -4.65. The van der Waals surface area contributed by atoms with E-state index in [2.05, 4.69) is 106 Å². The number of carbonyl (C=O) groups is 1. The molecule has 6 aromatic rings. The molecule has 0 aliphatic carbocycles. The molecule has 0 radical (unpaired) electrons. The summed E-state index contributed by atoms with van der Waals surface area (Å²) < 4.78 is 31.9. The molecule has 1 amide bonds. The van der Waals surface area contributed by atoms with E-state index in [0.29, 0.717) is 35.6 Å². The molecule has 2 aliphatic heterocycles. The summed E-state index contributed by atoms with van der Waals surface area (Å²) in [6.45, 7) is 7.82. The molecule has 4 heterocycles. The van der Waals surface area contributed by atoms with Crippen molar-refractivity contribution < 1.29 is 23.0 Å². The van der Waals surface area contributed by atoms with Gasteiger partial charge in [-0.1, -0.05) is 130 Å². The number of amides is 1. The number of carbonyl (C=O) groups excluding carboxylic acids is 1. The zero-order valence-corrected chi connectivity index (χ0v) is 33.3. The topological polar surface area (TPSA) is 113 Å². The SMILES string of the molecule is CN1C[C@@H](c2ccccc2)O[P@@]1O[C@H]1C[C@H](n2cnc3c(NC(=O)c4ccccc4)ncnc32)O[C@@H]1CO[Si](c1ccccc1)(c1ccccc1)C(C)(C)C. The second-order valence-electron chi connectivity index (χ2n) is 14.9. The fraction of sp³-hybridized carbons (Fsp3) is 0.286. The summed E-state index contributed by atoms with van der Waals surface area (Å²) in [5.74, 6) is 0.0458. The van der Waals surface area contributed by atoms with Crippen LogP contribution in [0.15, 0.2) is 134 Å². The first kappa shape index (κ1) is 37.3. The third kappa shape index (κ3) is 7.51. The van der Waals surface area contributed by atoms with Gasteiger partial charge in [0.15, 0.2) is 17.0 Å². The molecule has 55 heavy (non-hydrogen) atoms. The van der Waals surface area contributed by atoms with Crippen LogP contribution >= 0.6 is 8.53 Å². The standard InChI is InChI=1S/C42H45N6O5PSi/c1-42(2,3)55(32-21-13-7-14-22-32,33-23-15-8-16-24-33)50-27-36-34(52-54-47(4)26-35(53-54)30-17-9-5-10-18-30)25-37(51-36)48-29-45-38-39(43-28-44-40(38)48)46-41(49)31-19-11-6-12-20-31/h5-24,28-29,34-37H,25-27H2,1-4H3,(H,43,44,46,49)/t34-,35-,36+,37+,54+/m0/s1. The van der Waals surface area contributed by atoms with Gasteiger partial charge in [0.1, 0.15) is 24.8 Å². The Morgan fingerprint density at radius 3 is 2.13 bits per heavy atom. The number of imidazole rings is 1. The van der Waals surface area contributed by atoms with Gasteiger partial charge in [-0.15, -0.1) is 0 Å². The zero-order chi connectivity index (χ0) is 38.0. The molecule has 282 valence electrons. The Bertz CT molecular complexity index is 2170. The van der Waals surface area contributed by atoms with E-state index in [1.165, 1.54) is 16.7 Å². The minimum Gasteiger partial charge on any atom is -0.405 e. The molecular formula is C42H45N6O5PSi. The van der Waals surface area contributed by atoms with Crippen molar-refractivity contribution in [1.82, 2.24) is 24.2 Å². The molecule has 0 bridgehead atoms. The predicted octanol–water partition coefficient (Wildman–Crippen LogP) is 7.26. The number of anilines is 1. The summed E-state index contributed by atoms with van der Waals surface area (Å²) in [6, 6.07) is 40.5. The fourth-order valence-corrected chi connectivity index (χ4v) is 13.7. The molecule has 5 atom stereocenters. The number of rotatable bonds is 11. The smallest absolute Gasteiger partial charge is 0.261 e. The van der Waals surface area contributed by atoms with Crippen molar-refractivity contribution in [3.8, 4) is 0 Å². The highest BCUT2D eigenvalue weighted by atomic mass is 31.2. The second-order valence-corrected chi connectivity index (χ2v) is 20.8. The molecule has 11 nitrogen and oxygen atoms in total. The fourth-order valence-electron chi connectivity index (χ4n) is 7.61. The molecule has 2 fully saturated rings. The van der Waals surface area contributed by atoms with Crippen LogP contribution < -0.4 is 15.7 Å². The van der Waals surface area contributed by atoms with Gasteiger partial charge in [-0.25, -0.2) is 19.6 Å². The maximum Gasteiger partial charge on any atom is 0.261 e. The van der Waals surface area contributed by atoms with E-state index < -0.39 is 29.2 Å². The van der Waals surface area contributed by atoms with Crippen molar-refractivity contribution >= 4 is 50.1 Å². The number of nitrogens with zero attached hydrogens (tertiary/aromatic N) is 5. The Balaban J connectivity index is 1.11. The molecule has 2 aliphatic rings. The molecule has 2 saturated heterocycles. The van der Waals surface area contributed by atoms with Crippen LogP contribution in [0.3, 0.4) is 0 Å². The van der Waals surface area contributed by atoms with Crippen LogP contribution in [0.25, 0.3) is 11.2 Å². The van der Waals surface area contributed by atoms with Gasteiger partial charge in [0.2, 0.25) is 0 Å². The lowest BCUT2D eigenvalue weighted by molar-refractivity contribution is -0.0366. The summed E-state index contributed by atoms with van der Waals surface area (Å²) in [4.78, 5) is 26.7. The summed E-state index contributed by atoms with van der Waals surface area (Å²) in [5.41, 5.74) is 2.65. The average Bonchev–Trinajstić information content (AvgIpc) is 3.93. The molecule has 1 N–H and O–H groups in total. The van der Waals surface area contributed by atoms with E-state index in [1.54, 1.807) is 18.5 Å². The predicted molar refractivity (Wildman–Crippen MR) is 217 cm³/mol. The summed E-state index contributed by atoms with van der Waals surface area (Å²) in [5, 5.41) is 5.07. The molecule has 2 aromatic heterocycles. The molecule has 0 spiro atoms. The lowest BCUT2D eigenvalue weighted by Crippen LogP contribution is -2.67. The molecule has 4 aromatic carbocycles. The first-order valence-electron chi connectivity index (χ1n) is 18.6. The van der Waals surface area contributed by atoms with E-state index in [4.69, 9.17) is 18.2 Å². The van der Waals surface area contributed by atoms with Crippen molar-refractivity contribution in [2.45, 2.75) is 56.8 Å². The van der Waals surface area contributed by atoms with Crippen molar-refractivity contribution in [2.75, 3.05) is 25.5 Å². The summed E-state index contributed by atoms with van der Waals surface area (Å²) >= 11 is 0. The van der Waals surface area contributed by atoms with Gasteiger partial charge in [0.25, 0.3) is 22.8 Å². The Morgan fingerprint density at radius 1 is 0.873 bits per heavy atom. The summed E-state index contributed by atoms with van der Waals surface area (Å²) in [6.07, 6.45) is 2.23. The number of hydrogen-bond acceptors (Lipinski definition) is 9. The monoisotopic (exact) mass is 772 g/mol. The van der Waals surface area contributed by atoms with E-state index in [0.717, 1.165) is 12.1 Å². The average molecular weight is 773 g/mol. The number of nitrogens with one attached hydrogen (secondary N) is 1. The van der Waals surface area contributed by atoms with Gasteiger partial charge in [0.05, 0.1) is 19.0 Å². The maximum absolute atomic E-state index is 13.1. The normalized spacial score (nSPS) is 21.9. The van der Waals surface area contributed by atoms with E-state index in [9.17, 15) is 4.79 Å². The van der Waals surface area contributed by atoms with E-state index in [1.807, 2.05) is 60.1 Å². The van der Waals surface area contributed by atoms with Crippen molar-refractivity contribution in [1.29, 1.82) is 0 Å². The van der Waals surface area contributed by atoms with Gasteiger partial charge in [-0.2, -0.15) is 0 Å². The zero-order valence-electron chi connectivity index (χ0n) is 31.4. The largest absolute Gasteiger partial charge is 0.405 e. The highest BCUT2D eigenvalue weighted by Gasteiger charge is 2.52. The molecular weight excluding hydrogens is 728 g/mol. The van der Waals surface area contributed by atoms with Crippen LogP contribution in [-0.2, 0) is 18.2 Å². The summed E-state index contributed by atoms with van der Waals surface area (Å²) in [7, 11) is -2.24. The van der Waals surface area contributed by atoms with E-state index in [-0.39, 0.29) is 23.2 Å². The van der Waals surface area contributed by atoms with Gasteiger partial charge in [0, 0.05) is 18.5 Å². The highest BCUT2D eigenvalue weighted by Crippen LogP contribution is 2.55. The number of aromatic nitrogens is 4. The third-order valence-electron chi connectivity index (χ3n) is 10.3. The molecule has 8 rings (SSSR count). The highest BCUT2D eigenvalue weighted by molar-refractivity contribution is 7.44. The number of likely N-dealkylation sites (N-methyl/N-ethyl adjacent to an activating group) is 1. The maximum atomic E-state index is 13.1. The first-order valence-corrected chi connectivity index (χ1v) is 21.6. The lowest BCUT2D eigenvalue weighted by Gasteiger charge is -2.43. The van der Waals surface area contributed by atoms with Crippen molar-refractivity contribution in [2.24, 2.45) is 0 Å². The van der Waals surface area contributed by atoms with Crippen molar-refractivity contribution in [3.63, 3.8) is 0 Å². The number of hydrogen-bond donors (Lipinski definition) is 1. The number of fused-ring (bicyclic) bond motifs is 1. The quantitative estimate of drug-likeness (QED) is 0.107. The molecule has 0 unspecified atom stereocenters. The Kier molecular flexibility index (Phi) is 10.7. The lowest BCUT2D eigenvalue weighted by atomic mass is 10.1. The number of benzene rings is 4. The number of ether oxygens (including phenoxy) is 1. The van der Waals surface area contributed by atoms with Gasteiger partial charge >= 0.3 is 0 Å². The molecule has 13 heteroatoms. The van der Waals surface area contributed by atoms with Crippen molar-refractivity contribution in [3.05, 3.63) is 145 Å². The molecule has 0 saturated carbocycles. The van der Waals surface area contributed by atoms with Crippen LogP contribution in [0, 0.1) is 0 Å². The van der Waals surface area contributed by atoms with Crippen LogP contribution in [0.4, 0.5) is 5.82 Å². The van der Waals surface area contributed by atoms with E-state index >= 15 is 0 Å². The van der Waals surface area contributed by atoms with Crippen LogP contribution in [0.2, 0.25) is 5.04 Å². The van der Waals surface area contributed by atoms with Crippen LogP contribution in [0.5, 0.6) is 0 Å². The van der Waals surface area contributed by atoms with Crippen LogP contribution in [-0.4, -0.2) is 70.8 Å². The Morgan fingerprint density at radius 2 is 1.49 bits per heavy atom. The van der Waals surface area contributed by atoms with Gasteiger partial charge < -0.3 is 23.5 Å². The Labute approximate surface area is 323 Å². The van der Waals surface area contributed by atoms with Gasteiger partial charge in [-0.05, 0) is 40.2 Å². The third-order valence-corrected chi connectivity index (χ3v) is 16.9. The minimum atomic E-state index is -2.89. The second kappa shape index (κ2) is 15.8. The minimum absolute atomic E-state index is 0.0963. The first-order chi connectivity index (χ1) is 26.7. The van der Waals surface area contributed by atoms with Crippen LogP contribution in [0.1, 0.15) is 55.4 Å².